The van der Waals surface area contributed by atoms with Gasteiger partial charge in [-0.2, -0.15) is 0 Å². The van der Waals surface area contributed by atoms with Crippen molar-refractivity contribution in [1.29, 1.82) is 0 Å². The fraction of sp³-hybridized carbons (Fsp3) is 0.538. The lowest BCUT2D eigenvalue weighted by molar-refractivity contribution is 0.299. The molecule has 0 spiro atoms. The van der Waals surface area contributed by atoms with Gasteiger partial charge in [0.15, 0.2) is 0 Å². The topological polar surface area (TPSA) is 49.4 Å². The van der Waals surface area contributed by atoms with Crippen molar-refractivity contribution in [3.63, 3.8) is 0 Å². The maximum atomic E-state index is 11.7. The molecule has 0 aliphatic heterocycles. The summed E-state index contributed by atoms with van der Waals surface area (Å²) in [5.41, 5.74) is 1.04. The Hall–Kier alpha value is -0.620. The first-order valence-electron chi connectivity index (χ1n) is 6.25. The van der Waals surface area contributed by atoms with Crippen LogP contribution in [0.25, 0.3) is 0 Å². The SMILES string of the molecule is CCCS(=O)(=O)NCC(c1ccc(Cl)cc1)N(C)C. The predicted octanol–water partition coefficient (Wildman–Crippen LogP) is 2.27. The van der Waals surface area contributed by atoms with Crippen molar-refractivity contribution in [2.45, 2.75) is 19.4 Å². The van der Waals surface area contributed by atoms with Crippen LogP contribution in [0.4, 0.5) is 0 Å². The molecule has 1 unspecified atom stereocenters. The van der Waals surface area contributed by atoms with E-state index in [1.807, 2.05) is 50.2 Å². The molecule has 0 aromatic heterocycles. The Balaban J connectivity index is 2.77. The van der Waals surface area contributed by atoms with Crippen molar-refractivity contribution >= 4 is 21.6 Å². The Labute approximate surface area is 120 Å². The monoisotopic (exact) mass is 304 g/mol. The molecule has 1 aromatic rings. The van der Waals surface area contributed by atoms with Crippen molar-refractivity contribution in [1.82, 2.24) is 9.62 Å². The van der Waals surface area contributed by atoms with Crippen LogP contribution in [0.2, 0.25) is 5.02 Å². The molecule has 0 bridgehead atoms. The summed E-state index contributed by atoms with van der Waals surface area (Å²) in [7, 11) is 0.669. The number of rotatable bonds is 7. The van der Waals surface area contributed by atoms with Crippen molar-refractivity contribution in [3.05, 3.63) is 34.9 Å². The highest BCUT2D eigenvalue weighted by atomic mass is 35.5. The summed E-state index contributed by atoms with van der Waals surface area (Å²) in [5.74, 6) is 0.160. The molecular weight excluding hydrogens is 284 g/mol. The summed E-state index contributed by atoms with van der Waals surface area (Å²) in [6.07, 6.45) is 0.614. The molecule has 6 heteroatoms. The van der Waals surface area contributed by atoms with Gasteiger partial charge in [-0.1, -0.05) is 30.7 Å². The Morgan fingerprint density at radius 3 is 2.32 bits per heavy atom. The number of hydrogen-bond acceptors (Lipinski definition) is 3. The standard InChI is InChI=1S/C13H21ClN2O2S/c1-4-9-19(17,18)15-10-13(16(2)3)11-5-7-12(14)8-6-11/h5-8,13,15H,4,9-10H2,1-3H3. The Bertz CT molecular complexity index is 486. The van der Waals surface area contributed by atoms with Crippen molar-refractivity contribution < 1.29 is 8.42 Å². The molecule has 0 saturated carbocycles. The molecule has 1 N–H and O–H groups in total. The van der Waals surface area contributed by atoms with Gasteiger partial charge in [-0.05, 0) is 38.2 Å². The van der Waals surface area contributed by atoms with Gasteiger partial charge < -0.3 is 4.90 Å². The molecule has 0 heterocycles. The molecule has 1 rings (SSSR count). The first-order valence-corrected chi connectivity index (χ1v) is 8.28. The van der Waals surface area contributed by atoms with E-state index in [0.29, 0.717) is 18.0 Å². The number of likely N-dealkylation sites (N-methyl/N-ethyl adjacent to an activating group) is 1. The zero-order chi connectivity index (χ0) is 14.5. The summed E-state index contributed by atoms with van der Waals surface area (Å²) in [6.45, 7) is 2.21. The van der Waals surface area contributed by atoms with E-state index in [4.69, 9.17) is 11.6 Å². The molecule has 0 aliphatic carbocycles. The lowest BCUT2D eigenvalue weighted by atomic mass is 10.1. The molecule has 0 amide bonds. The third kappa shape index (κ3) is 5.48. The zero-order valence-corrected chi connectivity index (χ0v) is 13.1. The quantitative estimate of drug-likeness (QED) is 0.841. The maximum absolute atomic E-state index is 11.7. The van der Waals surface area contributed by atoms with Crippen molar-refractivity contribution in [2.24, 2.45) is 0 Å². The van der Waals surface area contributed by atoms with Gasteiger partial charge in [0.25, 0.3) is 0 Å². The molecule has 1 atom stereocenters. The van der Waals surface area contributed by atoms with Gasteiger partial charge >= 0.3 is 0 Å². The van der Waals surface area contributed by atoms with E-state index in [2.05, 4.69) is 4.72 Å². The first-order chi connectivity index (χ1) is 8.85. The van der Waals surface area contributed by atoms with E-state index in [0.717, 1.165) is 5.56 Å². The van der Waals surface area contributed by atoms with Crippen LogP contribution >= 0.6 is 11.6 Å². The summed E-state index contributed by atoms with van der Waals surface area (Å²) in [4.78, 5) is 1.98. The van der Waals surface area contributed by atoms with E-state index in [1.54, 1.807) is 0 Å². The van der Waals surface area contributed by atoms with Crippen LogP contribution in [0.3, 0.4) is 0 Å². The van der Waals surface area contributed by atoms with E-state index < -0.39 is 10.0 Å². The van der Waals surface area contributed by atoms with Gasteiger partial charge in [-0.15, -0.1) is 0 Å². The summed E-state index contributed by atoms with van der Waals surface area (Å²) < 4.78 is 26.0. The number of hydrogen-bond donors (Lipinski definition) is 1. The Kier molecular flexibility index (Phi) is 6.26. The second-order valence-corrected chi connectivity index (χ2v) is 7.06. The molecule has 108 valence electrons. The summed E-state index contributed by atoms with van der Waals surface area (Å²) in [5, 5.41) is 0.674. The number of nitrogens with one attached hydrogen (secondary N) is 1. The average molecular weight is 305 g/mol. The lowest BCUT2D eigenvalue weighted by Gasteiger charge is -2.25. The van der Waals surface area contributed by atoms with Crippen molar-refractivity contribution in [3.8, 4) is 0 Å². The van der Waals surface area contributed by atoms with E-state index in [-0.39, 0.29) is 11.8 Å². The molecule has 0 saturated heterocycles. The summed E-state index contributed by atoms with van der Waals surface area (Å²) >= 11 is 5.86. The van der Waals surface area contributed by atoms with Crippen LogP contribution in [0.5, 0.6) is 0 Å². The van der Waals surface area contributed by atoms with Gasteiger partial charge in [-0.25, -0.2) is 13.1 Å². The van der Waals surface area contributed by atoms with Crippen LogP contribution in [0.1, 0.15) is 24.9 Å². The van der Waals surface area contributed by atoms with Gasteiger partial charge in [0.05, 0.1) is 5.75 Å². The maximum Gasteiger partial charge on any atom is 0.211 e. The van der Waals surface area contributed by atoms with Crippen LogP contribution in [0.15, 0.2) is 24.3 Å². The molecule has 1 aromatic carbocycles. The second-order valence-electron chi connectivity index (χ2n) is 4.70. The highest BCUT2D eigenvalue weighted by Gasteiger charge is 2.17. The highest BCUT2D eigenvalue weighted by Crippen LogP contribution is 2.20. The Morgan fingerprint density at radius 2 is 1.84 bits per heavy atom. The van der Waals surface area contributed by atoms with Crippen LogP contribution in [0, 0.1) is 0 Å². The minimum Gasteiger partial charge on any atom is -0.301 e. The van der Waals surface area contributed by atoms with Crippen LogP contribution in [-0.2, 0) is 10.0 Å². The second kappa shape index (κ2) is 7.24. The third-order valence-corrected chi connectivity index (χ3v) is 4.65. The lowest BCUT2D eigenvalue weighted by Crippen LogP contribution is -2.35. The number of halogens is 1. The smallest absolute Gasteiger partial charge is 0.211 e. The van der Waals surface area contributed by atoms with Crippen molar-refractivity contribution in [2.75, 3.05) is 26.4 Å². The summed E-state index contributed by atoms with van der Waals surface area (Å²) in [6, 6.07) is 7.45. The van der Waals surface area contributed by atoms with E-state index in [9.17, 15) is 8.42 Å². The minimum absolute atomic E-state index is 0.0103. The van der Waals surface area contributed by atoms with E-state index >= 15 is 0 Å². The fourth-order valence-corrected chi connectivity index (χ4v) is 3.05. The largest absolute Gasteiger partial charge is 0.301 e. The zero-order valence-electron chi connectivity index (χ0n) is 11.6. The average Bonchev–Trinajstić information content (AvgIpc) is 2.31. The third-order valence-electron chi connectivity index (χ3n) is 2.85. The molecule has 19 heavy (non-hydrogen) atoms. The molecule has 0 fully saturated rings. The number of nitrogens with zero attached hydrogens (tertiary/aromatic N) is 1. The minimum atomic E-state index is -3.18. The molecular formula is C13H21ClN2O2S. The Morgan fingerprint density at radius 1 is 1.26 bits per heavy atom. The van der Waals surface area contributed by atoms with Gasteiger partial charge in [0.1, 0.15) is 0 Å². The van der Waals surface area contributed by atoms with Crippen LogP contribution in [-0.4, -0.2) is 39.7 Å². The predicted molar refractivity (Wildman–Crippen MR) is 80.0 cm³/mol. The van der Waals surface area contributed by atoms with Gasteiger partial charge in [0.2, 0.25) is 10.0 Å². The fourth-order valence-electron chi connectivity index (χ4n) is 1.83. The number of benzene rings is 1. The highest BCUT2D eigenvalue weighted by molar-refractivity contribution is 7.89. The first kappa shape index (κ1) is 16.4. The van der Waals surface area contributed by atoms with E-state index in [1.165, 1.54) is 0 Å². The van der Waals surface area contributed by atoms with Gasteiger partial charge in [-0.3, -0.25) is 0 Å². The van der Waals surface area contributed by atoms with Gasteiger partial charge in [0, 0.05) is 17.6 Å². The molecule has 0 radical (unpaired) electrons. The number of sulfonamides is 1. The van der Waals surface area contributed by atoms with Crippen LogP contribution < -0.4 is 4.72 Å². The molecule has 4 nitrogen and oxygen atoms in total. The normalized spacial score (nSPS) is 13.7. The molecule has 0 aliphatic rings.